The Morgan fingerprint density at radius 2 is 2.15 bits per heavy atom. The molecule has 0 atom stereocenters. The number of amides is 1. The lowest BCUT2D eigenvalue weighted by Gasteiger charge is -2.05. The van der Waals surface area contributed by atoms with Crippen LogP contribution in [0.25, 0.3) is 0 Å². The molecule has 2 aromatic heterocycles. The fourth-order valence-electron chi connectivity index (χ4n) is 1.95. The van der Waals surface area contributed by atoms with Gasteiger partial charge in [-0.15, -0.1) is 0 Å². The molecule has 0 radical (unpaired) electrons. The van der Waals surface area contributed by atoms with Crippen molar-refractivity contribution in [3.8, 4) is 0 Å². The Bertz CT molecular complexity index is 616. The van der Waals surface area contributed by atoms with Gasteiger partial charge in [0, 0.05) is 26.3 Å². The Labute approximate surface area is 122 Å². The molecule has 0 fully saturated rings. The minimum Gasteiger partial charge on any atom is -0.351 e. The molecule has 1 amide bonds. The van der Waals surface area contributed by atoms with Crippen LogP contribution in [0.2, 0.25) is 5.02 Å². The summed E-state index contributed by atoms with van der Waals surface area (Å²) in [7, 11) is 1.78. The van der Waals surface area contributed by atoms with E-state index < -0.39 is 0 Å². The van der Waals surface area contributed by atoms with Gasteiger partial charge in [-0.05, 0) is 26.3 Å². The predicted molar refractivity (Wildman–Crippen MR) is 76.9 cm³/mol. The van der Waals surface area contributed by atoms with Gasteiger partial charge in [-0.2, -0.15) is 10.2 Å². The van der Waals surface area contributed by atoms with Gasteiger partial charge >= 0.3 is 0 Å². The van der Waals surface area contributed by atoms with Crippen LogP contribution < -0.4 is 5.32 Å². The molecule has 0 aliphatic rings. The molecule has 1 N–H and O–H groups in total. The minimum atomic E-state index is -0.156. The van der Waals surface area contributed by atoms with Crippen molar-refractivity contribution in [2.24, 2.45) is 7.05 Å². The van der Waals surface area contributed by atoms with Gasteiger partial charge in [0.05, 0.1) is 16.4 Å². The molecule has 2 rings (SSSR count). The van der Waals surface area contributed by atoms with Gasteiger partial charge in [-0.1, -0.05) is 11.6 Å². The number of aryl methyl sites for hydroxylation is 3. The van der Waals surface area contributed by atoms with Gasteiger partial charge in [-0.25, -0.2) is 0 Å². The van der Waals surface area contributed by atoms with Crippen molar-refractivity contribution in [1.29, 1.82) is 0 Å². The van der Waals surface area contributed by atoms with Gasteiger partial charge in [-0.3, -0.25) is 14.2 Å². The maximum absolute atomic E-state index is 11.8. The van der Waals surface area contributed by atoms with Crippen molar-refractivity contribution >= 4 is 17.5 Å². The molecule has 6 nitrogen and oxygen atoms in total. The van der Waals surface area contributed by atoms with Crippen molar-refractivity contribution in [3.63, 3.8) is 0 Å². The molecule has 0 aliphatic heterocycles. The zero-order chi connectivity index (χ0) is 14.7. The second-order valence-corrected chi connectivity index (χ2v) is 5.07. The number of hydrogen-bond donors (Lipinski definition) is 1. The van der Waals surface area contributed by atoms with Crippen LogP contribution >= 0.6 is 11.6 Å². The first-order chi connectivity index (χ1) is 9.49. The summed E-state index contributed by atoms with van der Waals surface area (Å²) in [5.41, 5.74) is 2.23. The molecule has 0 aliphatic carbocycles. The van der Waals surface area contributed by atoms with Crippen LogP contribution in [0.5, 0.6) is 0 Å². The number of carbonyl (C=O) groups is 1. The van der Waals surface area contributed by atoms with E-state index in [1.165, 1.54) is 0 Å². The highest BCUT2D eigenvalue weighted by Gasteiger charge is 2.10. The van der Waals surface area contributed by atoms with Crippen LogP contribution in [0.1, 0.15) is 28.3 Å². The molecular formula is C13H18ClN5O. The van der Waals surface area contributed by atoms with E-state index in [0.717, 1.165) is 24.4 Å². The highest BCUT2D eigenvalue weighted by Crippen LogP contribution is 2.18. The first-order valence-corrected chi connectivity index (χ1v) is 6.84. The second kappa shape index (κ2) is 6.09. The molecule has 0 spiro atoms. The number of rotatable bonds is 5. The lowest BCUT2D eigenvalue weighted by molar-refractivity contribution is 0.0947. The van der Waals surface area contributed by atoms with E-state index in [1.54, 1.807) is 24.0 Å². The van der Waals surface area contributed by atoms with Crippen molar-refractivity contribution in [3.05, 3.63) is 34.4 Å². The summed E-state index contributed by atoms with van der Waals surface area (Å²) < 4.78 is 3.47. The number of carbonyl (C=O) groups excluding carboxylic acids is 1. The molecule has 0 bridgehead atoms. The fraction of sp³-hybridized carbons (Fsp3) is 0.462. The van der Waals surface area contributed by atoms with Crippen molar-refractivity contribution in [2.75, 3.05) is 6.54 Å². The molecule has 0 saturated carbocycles. The summed E-state index contributed by atoms with van der Waals surface area (Å²) in [5, 5.41) is 11.9. The average Bonchev–Trinajstić information content (AvgIpc) is 2.95. The van der Waals surface area contributed by atoms with Crippen molar-refractivity contribution in [1.82, 2.24) is 24.9 Å². The van der Waals surface area contributed by atoms with Crippen LogP contribution in [0, 0.1) is 13.8 Å². The molecule has 108 valence electrons. The van der Waals surface area contributed by atoms with Crippen LogP contribution in [0.3, 0.4) is 0 Å². The van der Waals surface area contributed by atoms with Crippen molar-refractivity contribution in [2.45, 2.75) is 26.8 Å². The highest BCUT2D eigenvalue weighted by molar-refractivity contribution is 6.31. The lowest BCUT2D eigenvalue weighted by atomic mass is 10.3. The number of aromatic nitrogens is 4. The summed E-state index contributed by atoms with van der Waals surface area (Å²) >= 11 is 6.08. The van der Waals surface area contributed by atoms with E-state index >= 15 is 0 Å². The van der Waals surface area contributed by atoms with E-state index in [2.05, 4.69) is 15.5 Å². The predicted octanol–water partition coefficient (Wildman–Crippen LogP) is 1.71. The van der Waals surface area contributed by atoms with Gasteiger partial charge < -0.3 is 5.32 Å². The Balaban J connectivity index is 1.79. The third kappa shape index (κ3) is 3.19. The topological polar surface area (TPSA) is 64.7 Å². The number of halogens is 1. The first-order valence-electron chi connectivity index (χ1n) is 6.46. The highest BCUT2D eigenvalue weighted by atomic mass is 35.5. The number of nitrogens with zero attached hydrogens (tertiary/aromatic N) is 4. The number of hydrogen-bond acceptors (Lipinski definition) is 3. The quantitative estimate of drug-likeness (QED) is 0.854. The Morgan fingerprint density at radius 3 is 2.70 bits per heavy atom. The molecule has 2 heterocycles. The average molecular weight is 296 g/mol. The van der Waals surface area contributed by atoms with Gasteiger partial charge in [0.2, 0.25) is 0 Å². The SMILES string of the molecule is Cc1nn(CCCNC(=O)c2ccn(C)n2)c(C)c1Cl. The molecule has 20 heavy (non-hydrogen) atoms. The van der Waals surface area contributed by atoms with Gasteiger partial charge in [0.25, 0.3) is 5.91 Å². The smallest absolute Gasteiger partial charge is 0.271 e. The zero-order valence-corrected chi connectivity index (χ0v) is 12.6. The second-order valence-electron chi connectivity index (χ2n) is 4.69. The van der Waals surface area contributed by atoms with Crippen LogP contribution in [0.4, 0.5) is 0 Å². The summed E-state index contributed by atoms with van der Waals surface area (Å²) in [6, 6.07) is 1.69. The van der Waals surface area contributed by atoms with E-state index in [9.17, 15) is 4.79 Å². The molecule has 0 saturated heterocycles. The molecular weight excluding hydrogens is 278 g/mol. The summed E-state index contributed by atoms with van der Waals surface area (Å²) in [6.07, 6.45) is 2.53. The van der Waals surface area contributed by atoms with E-state index in [4.69, 9.17) is 11.6 Å². The summed E-state index contributed by atoms with van der Waals surface area (Å²) in [5.74, 6) is -0.156. The zero-order valence-electron chi connectivity index (χ0n) is 11.9. The van der Waals surface area contributed by atoms with E-state index in [1.807, 2.05) is 18.5 Å². The maximum Gasteiger partial charge on any atom is 0.271 e. The van der Waals surface area contributed by atoms with E-state index in [-0.39, 0.29) is 5.91 Å². The molecule has 7 heteroatoms. The molecule has 0 unspecified atom stereocenters. The molecule has 0 aromatic carbocycles. The number of nitrogens with one attached hydrogen (secondary N) is 1. The Hall–Kier alpha value is -1.82. The third-order valence-electron chi connectivity index (χ3n) is 3.07. The van der Waals surface area contributed by atoms with Crippen LogP contribution in [-0.4, -0.2) is 32.0 Å². The third-order valence-corrected chi connectivity index (χ3v) is 3.62. The largest absolute Gasteiger partial charge is 0.351 e. The monoisotopic (exact) mass is 295 g/mol. The van der Waals surface area contributed by atoms with Crippen molar-refractivity contribution < 1.29 is 4.79 Å². The fourth-order valence-corrected chi connectivity index (χ4v) is 2.09. The van der Waals surface area contributed by atoms with E-state index in [0.29, 0.717) is 17.3 Å². The molecule has 2 aromatic rings. The summed E-state index contributed by atoms with van der Waals surface area (Å²) in [4.78, 5) is 11.8. The Kier molecular flexibility index (Phi) is 4.44. The van der Waals surface area contributed by atoms with Gasteiger partial charge in [0.1, 0.15) is 5.69 Å². The summed E-state index contributed by atoms with van der Waals surface area (Å²) in [6.45, 7) is 5.12. The normalized spacial score (nSPS) is 10.8. The first kappa shape index (κ1) is 14.6. The Morgan fingerprint density at radius 1 is 1.40 bits per heavy atom. The van der Waals surface area contributed by atoms with Crippen LogP contribution in [0.15, 0.2) is 12.3 Å². The van der Waals surface area contributed by atoms with Gasteiger partial charge in [0.15, 0.2) is 0 Å². The van der Waals surface area contributed by atoms with Crippen LogP contribution in [-0.2, 0) is 13.6 Å². The minimum absolute atomic E-state index is 0.156. The lowest BCUT2D eigenvalue weighted by Crippen LogP contribution is -2.26. The maximum atomic E-state index is 11.8. The standard InChI is InChI=1S/C13H18ClN5O/c1-9-12(14)10(2)19(16-9)7-4-6-15-13(20)11-5-8-18(3)17-11/h5,8H,4,6-7H2,1-3H3,(H,15,20).